The second kappa shape index (κ2) is 5.81. The van der Waals surface area contributed by atoms with Gasteiger partial charge in [0.2, 0.25) is 5.13 Å². The predicted molar refractivity (Wildman–Crippen MR) is 52.8 cm³/mol. The SMILES string of the molecule is O=C(O)CSc1nnc(NCC(F)F)s1. The number of hydrogen-bond donors (Lipinski definition) is 2. The Bertz CT molecular complexity index is 334. The highest BCUT2D eigenvalue weighted by Gasteiger charge is 2.08. The molecule has 9 heteroatoms. The zero-order chi connectivity index (χ0) is 11.3. The summed E-state index contributed by atoms with van der Waals surface area (Å²) in [6, 6.07) is 0. The van der Waals surface area contributed by atoms with E-state index < -0.39 is 18.9 Å². The van der Waals surface area contributed by atoms with Crippen LogP contribution in [0, 0.1) is 0 Å². The monoisotopic (exact) mass is 255 g/mol. The fourth-order valence-corrected chi connectivity index (χ4v) is 2.11. The smallest absolute Gasteiger partial charge is 0.313 e. The number of carboxylic acids is 1. The van der Waals surface area contributed by atoms with Crippen LogP contribution in [0.15, 0.2) is 4.34 Å². The molecule has 0 saturated heterocycles. The zero-order valence-electron chi connectivity index (χ0n) is 7.31. The third kappa shape index (κ3) is 4.88. The third-order valence-electron chi connectivity index (χ3n) is 1.13. The lowest BCUT2D eigenvalue weighted by atomic mass is 10.7. The Kier molecular flexibility index (Phi) is 4.69. The van der Waals surface area contributed by atoms with Crippen LogP contribution in [0.1, 0.15) is 0 Å². The van der Waals surface area contributed by atoms with Crippen molar-refractivity contribution in [2.75, 3.05) is 17.6 Å². The molecule has 0 aliphatic rings. The van der Waals surface area contributed by atoms with E-state index >= 15 is 0 Å². The Morgan fingerprint density at radius 2 is 2.33 bits per heavy atom. The standard InChI is InChI=1S/C6H7F2N3O2S2/c7-3(8)1-9-5-10-11-6(15-5)14-2-4(12)13/h3H,1-2H2,(H,9,10)(H,12,13). The Hall–Kier alpha value is -0.960. The lowest BCUT2D eigenvalue weighted by molar-refractivity contribution is -0.133. The van der Waals surface area contributed by atoms with Gasteiger partial charge in [-0.2, -0.15) is 0 Å². The highest BCUT2D eigenvalue weighted by Crippen LogP contribution is 2.25. The van der Waals surface area contributed by atoms with Crippen LogP contribution in [0.4, 0.5) is 13.9 Å². The number of hydrogen-bond acceptors (Lipinski definition) is 6. The number of nitrogens with zero attached hydrogens (tertiary/aromatic N) is 2. The second-order valence-corrected chi connectivity index (χ2v) is 4.53. The van der Waals surface area contributed by atoms with Crippen LogP contribution >= 0.6 is 23.1 Å². The molecule has 1 heterocycles. The average Bonchev–Trinajstić information content (AvgIpc) is 2.59. The van der Waals surface area contributed by atoms with Crippen molar-refractivity contribution >= 4 is 34.2 Å². The summed E-state index contributed by atoms with van der Waals surface area (Å²) in [5.41, 5.74) is 0. The maximum atomic E-state index is 11.8. The number of alkyl halides is 2. The van der Waals surface area contributed by atoms with E-state index in [1.165, 1.54) is 0 Å². The largest absolute Gasteiger partial charge is 0.481 e. The molecule has 0 aliphatic carbocycles. The number of thioether (sulfide) groups is 1. The molecule has 0 aliphatic heterocycles. The van der Waals surface area contributed by atoms with Crippen LogP contribution in [0.2, 0.25) is 0 Å². The summed E-state index contributed by atoms with van der Waals surface area (Å²) >= 11 is 2.05. The van der Waals surface area contributed by atoms with Gasteiger partial charge in [0.15, 0.2) is 4.34 Å². The van der Waals surface area contributed by atoms with Crippen LogP contribution in [-0.2, 0) is 4.79 Å². The van der Waals surface area contributed by atoms with Crippen LogP contribution < -0.4 is 5.32 Å². The number of rotatable bonds is 6. The minimum atomic E-state index is -2.45. The van der Waals surface area contributed by atoms with E-state index in [-0.39, 0.29) is 10.9 Å². The Morgan fingerprint density at radius 1 is 1.60 bits per heavy atom. The normalized spacial score (nSPS) is 10.6. The summed E-state index contributed by atoms with van der Waals surface area (Å²) < 4.78 is 24.0. The molecule has 0 bridgehead atoms. The highest BCUT2D eigenvalue weighted by molar-refractivity contribution is 8.01. The lowest BCUT2D eigenvalue weighted by Gasteiger charge is -1.97. The Balaban J connectivity index is 2.38. The van der Waals surface area contributed by atoms with Gasteiger partial charge in [0.05, 0.1) is 12.3 Å². The minimum absolute atomic E-state index is 0.122. The Labute approximate surface area is 91.9 Å². The fraction of sp³-hybridized carbons (Fsp3) is 0.500. The molecule has 0 amide bonds. The quantitative estimate of drug-likeness (QED) is 0.748. The first-order valence-electron chi connectivity index (χ1n) is 3.78. The Morgan fingerprint density at radius 3 is 2.93 bits per heavy atom. The lowest BCUT2D eigenvalue weighted by Crippen LogP contribution is -2.09. The van der Waals surface area contributed by atoms with Gasteiger partial charge in [-0.25, -0.2) is 8.78 Å². The van der Waals surface area contributed by atoms with Gasteiger partial charge >= 0.3 is 5.97 Å². The number of carbonyl (C=O) groups is 1. The molecule has 0 unspecified atom stereocenters. The van der Waals surface area contributed by atoms with Gasteiger partial charge in [0, 0.05) is 0 Å². The van der Waals surface area contributed by atoms with Crippen molar-refractivity contribution in [2.24, 2.45) is 0 Å². The highest BCUT2D eigenvalue weighted by atomic mass is 32.2. The molecule has 84 valence electrons. The molecule has 0 saturated carbocycles. The molecule has 0 spiro atoms. The number of halogens is 2. The topological polar surface area (TPSA) is 75.1 Å². The molecule has 1 aromatic heterocycles. The van der Waals surface area contributed by atoms with E-state index in [0.717, 1.165) is 23.1 Å². The molecule has 0 aromatic carbocycles. The summed E-state index contributed by atoms with van der Waals surface area (Å²) in [5, 5.41) is 18.2. The van der Waals surface area contributed by atoms with Gasteiger partial charge in [0.1, 0.15) is 0 Å². The maximum Gasteiger partial charge on any atom is 0.313 e. The van der Waals surface area contributed by atoms with E-state index in [0.29, 0.717) is 4.34 Å². The van der Waals surface area contributed by atoms with Crippen molar-refractivity contribution in [1.82, 2.24) is 10.2 Å². The van der Waals surface area contributed by atoms with Crippen LogP contribution in [0.25, 0.3) is 0 Å². The summed E-state index contributed by atoms with van der Waals surface area (Å²) in [5.74, 6) is -1.08. The van der Waals surface area contributed by atoms with Crippen LogP contribution in [0.3, 0.4) is 0 Å². The molecule has 0 fully saturated rings. The van der Waals surface area contributed by atoms with Crippen molar-refractivity contribution < 1.29 is 18.7 Å². The first-order chi connectivity index (χ1) is 7.08. The van der Waals surface area contributed by atoms with E-state index in [1.54, 1.807) is 0 Å². The number of carboxylic acid groups (broad SMARTS) is 1. The molecule has 5 nitrogen and oxygen atoms in total. The third-order valence-corrected chi connectivity index (χ3v) is 3.13. The van der Waals surface area contributed by atoms with Crippen LogP contribution in [-0.4, -0.2) is 40.0 Å². The summed E-state index contributed by atoms with van der Waals surface area (Å²) in [6.07, 6.45) is -2.45. The molecule has 1 aromatic rings. The molecular weight excluding hydrogens is 248 g/mol. The first kappa shape index (κ1) is 12.1. The number of aromatic nitrogens is 2. The van der Waals surface area contributed by atoms with Gasteiger partial charge < -0.3 is 10.4 Å². The number of anilines is 1. The van der Waals surface area contributed by atoms with Gasteiger partial charge in [-0.3, -0.25) is 4.79 Å². The summed E-state index contributed by atoms with van der Waals surface area (Å²) in [4.78, 5) is 10.2. The minimum Gasteiger partial charge on any atom is -0.481 e. The van der Waals surface area contributed by atoms with E-state index in [4.69, 9.17) is 5.11 Å². The van der Waals surface area contributed by atoms with Crippen molar-refractivity contribution in [1.29, 1.82) is 0 Å². The zero-order valence-corrected chi connectivity index (χ0v) is 8.95. The van der Waals surface area contributed by atoms with Gasteiger partial charge in [0.25, 0.3) is 6.43 Å². The molecule has 0 radical (unpaired) electrons. The predicted octanol–water partition coefficient (Wildman–Crippen LogP) is 1.39. The van der Waals surface area contributed by atoms with Crippen LogP contribution in [0.5, 0.6) is 0 Å². The number of aliphatic carboxylic acids is 1. The van der Waals surface area contributed by atoms with E-state index in [2.05, 4.69) is 15.5 Å². The first-order valence-corrected chi connectivity index (χ1v) is 5.58. The van der Waals surface area contributed by atoms with Crippen molar-refractivity contribution in [3.8, 4) is 0 Å². The fourth-order valence-electron chi connectivity index (χ4n) is 0.627. The number of nitrogens with one attached hydrogen (secondary N) is 1. The van der Waals surface area contributed by atoms with Gasteiger partial charge in [-0.1, -0.05) is 23.1 Å². The maximum absolute atomic E-state index is 11.8. The molecule has 15 heavy (non-hydrogen) atoms. The average molecular weight is 255 g/mol. The van der Waals surface area contributed by atoms with Crippen molar-refractivity contribution in [3.63, 3.8) is 0 Å². The van der Waals surface area contributed by atoms with Gasteiger partial charge in [-0.05, 0) is 0 Å². The molecular formula is C6H7F2N3O2S2. The van der Waals surface area contributed by atoms with Crippen molar-refractivity contribution in [2.45, 2.75) is 10.8 Å². The summed E-state index contributed by atoms with van der Waals surface area (Å²) in [6.45, 7) is -0.488. The second-order valence-electron chi connectivity index (χ2n) is 2.33. The molecule has 0 atom stereocenters. The van der Waals surface area contributed by atoms with Crippen molar-refractivity contribution in [3.05, 3.63) is 0 Å². The van der Waals surface area contributed by atoms with Gasteiger partial charge in [-0.15, -0.1) is 10.2 Å². The molecule has 1 rings (SSSR count). The van der Waals surface area contributed by atoms with E-state index in [9.17, 15) is 13.6 Å². The van der Waals surface area contributed by atoms with E-state index in [1.807, 2.05) is 0 Å². The molecule has 2 N–H and O–H groups in total. The summed E-state index contributed by atoms with van der Waals surface area (Å²) in [7, 11) is 0.